The summed E-state index contributed by atoms with van der Waals surface area (Å²) in [5.41, 5.74) is 2.24. The van der Waals surface area contributed by atoms with E-state index in [-0.39, 0.29) is 11.9 Å². The zero-order valence-electron chi connectivity index (χ0n) is 19.1. The van der Waals surface area contributed by atoms with Gasteiger partial charge in [-0.1, -0.05) is 40.2 Å². The second-order valence-corrected chi connectivity index (χ2v) is 10.4. The van der Waals surface area contributed by atoms with Gasteiger partial charge in [0.15, 0.2) is 0 Å². The molecule has 2 atom stereocenters. The molecule has 0 saturated carbocycles. The fraction of sp³-hybridized carbons (Fsp3) is 0.417. The molecule has 0 aromatic heterocycles. The second-order valence-electron chi connectivity index (χ2n) is 8.60. The van der Waals surface area contributed by atoms with Crippen molar-refractivity contribution in [2.45, 2.75) is 18.9 Å². The molecule has 2 aromatic carbocycles. The smallest absolute Gasteiger partial charge is 0.327 e. The number of carboxylic acid groups (broad SMARTS) is 1. The number of likely N-dealkylation sites (tertiary alicyclic amines) is 1. The molecule has 188 valence electrons. The summed E-state index contributed by atoms with van der Waals surface area (Å²) in [7, 11) is 0. The number of halogens is 1. The first-order chi connectivity index (χ1) is 16.8. The number of carbonyl (C=O) groups excluding carboxylic acids is 1. The fourth-order valence-electron chi connectivity index (χ4n) is 4.65. The maximum atomic E-state index is 12.8. The van der Waals surface area contributed by atoms with Gasteiger partial charge in [-0.2, -0.15) is 0 Å². The molecule has 4 rings (SSSR count). The van der Waals surface area contributed by atoms with Gasteiger partial charge in [-0.25, -0.2) is 13.8 Å². The van der Waals surface area contributed by atoms with Crippen molar-refractivity contribution in [3.8, 4) is 11.1 Å². The van der Waals surface area contributed by atoms with E-state index in [0.29, 0.717) is 57.9 Å². The zero-order chi connectivity index (χ0) is 24.9. The second kappa shape index (κ2) is 11.5. The molecule has 2 fully saturated rings. The van der Waals surface area contributed by atoms with E-state index >= 15 is 0 Å². The number of carbonyl (C=O) groups is 2. The lowest BCUT2D eigenvalue weighted by atomic mass is 9.89. The van der Waals surface area contributed by atoms with E-state index in [0.717, 1.165) is 19.9 Å². The van der Waals surface area contributed by atoms with Gasteiger partial charge in [-0.15, -0.1) is 0 Å². The summed E-state index contributed by atoms with van der Waals surface area (Å²) in [6.07, 6.45) is 0.857. The third-order valence-electron chi connectivity index (χ3n) is 6.51. The Hall–Kier alpha value is -2.47. The summed E-state index contributed by atoms with van der Waals surface area (Å²) < 4.78 is 29.8. The molecule has 2 unspecified atom stereocenters. The van der Waals surface area contributed by atoms with E-state index in [1.54, 1.807) is 34.1 Å². The van der Waals surface area contributed by atoms with Crippen LogP contribution in [0.2, 0.25) is 0 Å². The van der Waals surface area contributed by atoms with Gasteiger partial charge in [0.05, 0.1) is 18.9 Å². The van der Waals surface area contributed by atoms with Crippen molar-refractivity contribution in [2.24, 2.45) is 5.92 Å². The fourth-order valence-corrected chi connectivity index (χ4v) is 5.67. The number of aliphatic carboxylic acids is 1. The zero-order valence-corrected chi connectivity index (χ0v) is 21.5. The lowest BCUT2D eigenvalue weighted by Gasteiger charge is -2.40. The van der Waals surface area contributed by atoms with Crippen LogP contribution in [-0.2, 0) is 20.8 Å². The van der Waals surface area contributed by atoms with Crippen LogP contribution in [0.25, 0.3) is 11.1 Å². The summed E-state index contributed by atoms with van der Waals surface area (Å²) in [4.78, 5) is 28.6. The number of hydrogen-bond donors (Lipinski definition) is 2. The summed E-state index contributed by atoms with van der Waals surface area (Å²) in [6.45, 7) is 2.93. The van der Waals surface area contributed by atoms with E-state index in [9.17, 15) is 23.5 Å². The number of hydrogen-bond acceptors (Lipinski definition) is 4. The van der Waals surface area contributed by atoms with E-state index in [1.165, 1.54) is 0 Å². The highest BCUT2D eigenvalue weighted by Gasteiger charge is 2.40. The van der Waals surface area contributed by atoms with Crippen LogP contribution in [0.15, 0.2) is 53.0 Å². The Labute approximate surface area is 215 Å². The minimum Gasteiger partial charge on any atom is -0.480 e. The highest BCUT2D eigenvalue weighted by Crippen LogP contribution is 2.31. The molecule has 2 heterocycles. The number of benzene rings is 2. The number of carboxylic acids is 1. The van der Waals surface area contributed by atoms with Crippen LogP contribution in [0.1, 0.15) is 12.8 Å². The van der Waals surface area contributed by atoms with Gasteiger partial charge in [0.25, 0.3) is 11.3 Å². The Morgan fingerprint density at radius 3 is 1.97 bits per heavy atom. The van der Waals surface area contributed by atoms with Crippen LogP contribution in [-0.4, -0.2) is 81.1 Å². The normalized spacial score (nSPS) is 18.7. The molecule has 0 radical (unpaired) electrons. The third kappa shape index (κ3) is 6.03. The van der Waals surface area contributed by atoms with Crippen molar-refractivity contribution in [3.63, 3.8) is 0 Å². The van der Waals surface area contributed by atoms with Crippen LogP contribution in [0, 0.1) is 5.92 Å². The van der Waals surface area contributed by atoms with E-state index in [2.05, 4.69) is 15.9 Å². The molecular formula is C24H28BrN3O6S. The Morgan fingerprint density at radius 2 is 1.46 bits per heavy atom. The molecule has 0 spiro atoms. The Morgan fingerprint density at radius 1 is 0.943 bits per heavy atom. The lowest BCUT2D eigenvalue weighted by molar-refractivity contribution is -0.140. The van der Waals surface area contributed by atoms with Gasteiger partial charge in [-0.05, 0) is 54.2 Å². The van der Waals surface area contributed by atoms with Crippen LogP contribution in [0.5, 0.6) is 0 Å². The summed E-state index contributed by atoms with van der Waals surface area (Å²) in [6, 6.07) is 13.4. The average molecular weight is 566 g/mol. The summed E-state index contributed by atoms with van der Waals surface area (Å²) >= 11 is 0.872. The number of amides is 2. The van der Waals surface area contributed by atoms with Crippen LogP contribution in [0.4, 0.5) is 10.5 Å². The van der Waals surface area contributed by atoms with E-state index in [4.69, 9.17) is 4.74 Å². The van der Waals surface area contributed by atoms with E-state index < -0.39 is 23.3 Å². The highest BCUT2D eigenvalue weighted by molar-refractivity contribution is 9.10. The van der Waals surface area contributed by atoms with Gasteiger partial charge in [0, 0.05) is 30.7 Å². The standard InChI is InChI=1S/C24H28BrN3O6S/c25-20-5-1-17(2-6-20)18-3-7-21(8-4-18)28(35(32)33)22(23(29)30)19-9-11-26(12-10-19)24(31)27-13-15-34-16-14-27/h1-8,19,22H,9-16H2,(H,29,30)(H,32,33). The Balaban J connectivity index is 1.48. The number of rotatable bonds is 6. The van der Waals surface area contributed by atoms with Crippen LogP contribution < -0.4 is 4.31 Å². The molecule has 2 saturated heterocycles. The number of anilines is 1. The first kappa shape index (κ1) is 25.6. The van der Waals surface area contributed by atoms with Crippen molar-refractivity contribution >= 4 is 44.9 Å². The predicted octanol–water partition coefficient (Wildman–Crippen LogP) is 3.68. The first-order valence-corrected chi connectivity index (χ1v) is 13.3. The molecule has 11 heteroatoms. The average Bonchev–Trinajstić information content (AvgIpc) is 2.88. The topological polar surface area (TPSA) is 111 Å². The molecule has 2 aliphatic rings. The van der Waals surface area contributed by atoms with Crippen molar-refractivity contribution in [3.05, 3.63) is 53.0 Å². The van der Waals surface area contributed by atoms with Crippen molar-refractivity contribution < 1.29 is 28.2 Å². The molecular weight excluding hydrogens is 538 g/mol. The van der Waals surface area contributed by atoms with Crippen LogP contribution in [0.3, 0.4) is 0 Å². The molecule has 9 nitrogen and oxygen atoms in total. The van der Waals surface area contributed by atoms with Gasteiger partial charge in [-0.3, -0.25) is 8.86 Å². The Bertz CT molecular complexity index is 1050. The monoisotopic (exact) mass is 565 g/mol. The number of urea groups is 1. The molecule has 0 aliphatic carbocycles. The van der Waals surface area contributed by atoms with Crippen molar-refractivity contribution in [2.75, 3.05) is 43.7 Å². The summed E-state index contributed by atoms with van der Waals surface area (Å²) in [5, 5.41) is 10.0. The van der Waals surface area contributed by atoms with Gasteiger partial charge in [0.2, 0.25) is 0 Å². The molecule has 0 bridgehead atoms. The molecule has 2 aromatic rings. The molecule has 35 heavy (non-hydrogen) atoms. The number of morpholine rings is 1. The number of piperidine rings is 1. The molecule has 2 N–H and O–H groups in total. The largest absolute Gasteiger partial charge is 0.480 e. The third-order valence-corrected chi connectivity index (χ3v) is 7.81. The summed E-state index contributed by atoms with van der Waals surface area (Å²) in [5.74, 6) is -1.55. The minimum atomic E-state index is -2.54. The number of nitrogens with zero attached hydrogens (tertiary/aromatic N) is 3. The highest BCUT2D eigenvalue weighted by atomic mass is 79.9. The van der Waals surface area contributed by atoms with Crippen molar-refractivity contribution in [1.82, 2.24) is 9.80 Å². The Kier molecular flexibility index (Phi) is 8.42. The minimum absolute atomic E-state index is 0.0650. The van der Waals surface area contributed by atoms with Crippen molar-refractivity contribution in [1.29, 1.82) is 0 Å². The van der Waals surface area contributed by atoms with Crippen LogP contribution >= 0.6 is 15.9 Å². The number of ether oxygens (including phenoxy) is 1. The van der Waals surface area contributed by atoms with E-state index in [1.807, 2.05) is 24.3 Å². The SMILES string of the molecule is O=C(O)C(C1CCN(C(=O)N2CCOCC2)CC1)N(c1ccc(-c2ccc(Br)cc2)cc1)S(=O)O. The maximum Gasteiger partial charge on any atom is 0.327 e. The lowest BCUT2D eigenvalue weighted by Crippen LogP contribution is -2.54. The quantitative estimate of drug-likeness (QED) is 0.517. The molecule has 2 amide bonds. The maximum absolute atomic E-state index is 12.8. The van der Waals surface area contributed by atoms with Gasteiger partial charge in [0.1, 0.15) is 6.04 Å². The first-order valence-electron chi connectivity index (χ1n) is 11.5. The predicted molar refractivity (Wildman–Crippen MR) is 136 cm³/mol. The van der Waals surface area contributed by atoms with Gasteiger partial charge < -0.3 is 19.6 Å². The molecule has 2 aliphatic heterocycles. The van der Waals surface area contributed by atoms with Gasteiger partial charge >= 0.3 is 12.0 Å².